The summed E-state index contributed by atoms with van der Waals surface area (Å²) in [6.45, 7) is 10.3. The number of hydrogen-bond donors (Lipinski definition) is 1. The summed E-state index contributed by atoms with van der Waals surface area (Å²) in [6, 6.07) is 9.30. The third-order valence-electron chi connectivity index (χ3n) is 5.07. The molecule has 1 heterocycles. The first-order valence-electron chi connectivity index (χ1n) is 8.82. The molecule has 0 bridgehead atoms. The van der Waals surface area contributed by atoms with E-state index in [4.69, 9.17) is 0 Å². The Morgan fingerprint density at radius 3 is 2.43 bits per heavy atom. The first-order valence-corrected chi connectivity index (χ1v) is 8.82. The van der Waals surface area contributed by atoms with Gasteiger partial charge in [0, 0.05) is 24.3 Å². The van der Waals surface area contributed by atoms with Gasteiger partial charge < -0.3 is 10.2 Å². The Hall–Kier alpha value is -1.02. The molecule has 0 spiro atoms. The minimum Gasteiger partial charge on any atom is -0.370 e. The van der Waals surface area contributed by atoms with Gasteiger partial charge in [0.25, 0.3) is 0 Å². The molecule has 1 aromatic rings. The fraction of sp³-hybridized carbons (Fsp3) is 0.684. The number of nitrogens with one attached hydrogen (secondary N) is 1. The molecule has 0 saturated carbocycles. The Labute approximate surface area is 130 Å². The van der Waals surface area contributed by atoms with Gasteiger partial charge >= 0.3 is 0 Å². The predicted octanol–water partition coefficient (Wildman–Crippen LogP) is 4.39. The number of hydrogen-bond acceptors (Lipinski definition) is 2. The van der Waals surface area contributed by atoms with E-state index in [9.17, 15) is 0 Å². The lowest BCUT2D eigenvalue weighted by Gasteiger charge is -2.36. The Bertz CT molecular complexity index is 406. The normalized spacial score (nSPS) is 18.5. The Morgan fingerprint density at radius 1 is 1.10 bits per heavy atom. The molecule has 1 aromatic carbocycles. The maximum absolute atomic E-state index is 3.79. The molecule has 2 rings (SSSR count). The van der Waals surface area contributed by atoms with E-state index in [1.807, 2.05) is 0 Å². The van der Waals surface area contributed by atoms with E-state index in [1.165, 1.54) is 56.3 Å². The fourth-order valence-electron chi connectivity index (χ4n) is 3.32. The standard InChI is InChI=1S/C19H32N2/c1-4-7-9-17-10-12-18(13-11-17)21-15-8-14-20-19(5-2,6-3)16-21/h10-13,20H,4-9,14-16H2,1-3H3. The molecule has 1 N–H and O–H groups in total. The van der Waals surface area contributed by atoms with Gasteiger partial charge in [-0.2, -0.15) is 0 Å². The van der Waals surface area contributed by atoms with Crippen LogP contribution < -0.4 is 10.2 Å². The van der Waals surface area contributed by atoms with Gasteiger partial charge in [0.2, 0.25) is 0 Å². The molecule has 0 radical (unpaired) electrons. The molecular weight excluding hydrogens is 256 g/mol. The molecule has 1 fully saturated rings. The van der Waals surface area contributed by atoms with Gasteiger partial charge in [0.15, 0.2) is 0 Å². The summed E-state index contributed by atoms with van der Waals surface area (Å²) in [5, 5.41) is 3.79. The van der Waals surface area contributed by atoms with Crippen molar-refractivity contribution in [1.82, 2.24) is 5.32 Å². The van der Waals surface area contributed by atoms with Gasteiger partial charge in [-0.1, -0.05) is 39.3 Å². The molecule has 2 nitrogen and oxygen atoms in total. The molecule has 0 aromatic heterocycles. The van der Waals surface area contributed by atoms with Crippen LogP contribution in [0.3, 0.4) is 0 Å². The molecular formula is C19H32N2. The molecule has 118 valence electrons. The minimum absolute atomic E-state index is 0.289. The number of anilines is 1. The van der Waals surface area contributed by atoms with Crippen LogP contribution in [-0.4, -0.2) is 25.2 Å². The van der Waals surface area contributed by atoms with Gasteiger partial charge in [0.05, 0.1) is 0 Å². The second-order valence-corrected chi connectivity index (χ2v) is 6.46. The quantitative estimate of drug-likeness (QED) is 0.835. The molecule has 1 saturated heterocycles. The van der Waals surface area contributed by atoms with Crippen LogP contribution in [-0.2, 0) is 6.42 Å². The Balaban J connectivity index is 2.08. The molecule has 2 heteroatoms. The van der Waals surface area contributed by atoms with Crippen molar-refractivity contribution in [2.75, 3.05) is 24.5 Å². The topological polar surface area (TPSA) is 15.3 Å². The molecule has 1 aliphatic rings. The zero-order valence-corrected chi connectivity index (χ0v) is 14.1. The highest BCUT2D eigenvalue weighted by Crippen LogP contribution is 2.25. The van der Waals surface area contributed by atoms with E-state index in [-0.39, 0.29) is 5.54 Å². The van der Waals surface area contributed by atoms with Crippen molar-refractivity contribution < 1.29 is 0 Å². The first kappa shape index (κ1) is 16.4. The van der Waals surface area contributed by atoms with Crippen molar-refractivity contribution in [2.24, 2.45) is 0 Å². The first-order chi connectivity index (χ1) is 10.2. The van der Waals surface area contributed by atoms with Crippen molar-refractivity contribution in [3.63, 3.8) is 0 Å². The van der Waals surface area contributed by atoms with Crippen LogP contribution in [0.15, 0.2) is 24.3 Å². The zero-order chi connectivity index (χ0) is 15.1. The van der Waals surface area contributed by atoms with E-state index in [2.05, 4.69) is 55.3 Å². The molecule has 0 amide bonds. The summed E-state index contributed by atoms with van der Waals surface area (Å²) in [7, 11) is 0. The smallest absolute Gasteiger partial charge is 0.0367 e. The van der Waals surface area contributed by atoms with E-state index < -0.39 is 0 Å². The summed E-state index contributed by atoms with van der Waals surface area (Å²) < 4.78 is 0. The fourth-order valence-corrected chi connectivity index (χ4v) is 3.32. The summed E-state index contributed by atoms with van der Waals surface area (Å²) in [4.78, 5) is 2.58. The lowest BCUT2D eigenvalue weighted by atomic mass is 9.92. The van der Waals surface area contributed by atoms with E-state index in [1.54, 1.807) is 0 Å². The second-order valence-electron chi connectivity index (χ2n) is 6.46. The van der Waals surface area contributed by atoms with Gasteiger partial charge in [-0.25, -0.2) is 0 Å². The SMILES string of the molecule is CCCCc1ccc(N2CCCNC(CC)(CC)C2)cc1. The van der Waals surface area contributed by atoms with E-state index in [0.717, 1.165) is 13.1 Å². The number of benzene rings is 1. The van der Waals surface area contributed by atoms with Crippen molar-refractivity contribution in [1.29, 1.82) is 0 Å². The second kappa shape index (κ2) is 7.84. The molecule has 0 aliphatic carbocycles. The highest BCUT2D eigenvalue weighted by atomic mass is 15.2. The molecule has 1 aliphatic heterocycles. The van der Waals surface area contributed by atoms with Gasteiger partial charge in [-0.15, -0.1) is 0 Å². The van der Waals surface area contributed by atoms with Crippen molar-refractivity contribution >= 4 is 5.69 Å². The third-order valence-corrected chi connectivity index (χ3v) is 5.07. The van der Waals surface area contributed by atoms with Crippen molar-refractivity contribution in [2.45, 2.75) is 64.8 Å². The summed E-state index contributed by atoms with van der Waals surface area (Å²) in [6.07, 6.45) is 7.42. The van der Waals surface area contributed by atoms with E-state index in [0.29, 0.717) is 0 Å². The summed E-state index contributed by atoms with van der Waals surface area (Å²) in [5.41, 5.74) is 3.16. The van der Waals surface area contributed by atoms with Crippen LogP contribution in [0.5, 0.6) is 0 Å². The number of aryl methyl sites for hydroxylation is 1. The van der Waals surface area contributed by atoms with Crippen molar-refractivity contribution in [3.8, 4) is 0 Å². The van der Waals surface area contributed by atoms with Crippen LogP contribution >= 0.6 is 0 Å². The van der Waals surface area contributed by atoms with Gasteiger partial charge in [-0.05, 0) is 56.3 Å². The molecule has 0 atom stereocenters. The summed E-state index contributed by atoms with van der Waals surface area (Å²) >= 11 is 0. The van der Waals surface area contributed by atoms with Crippen LogP contribution in [0.2, 0.25) is 0 Å². The number of rotatable bonds is 6. The Kier molecular flexibility index (Phi) is 6.10. The largest absolute Gasteiger partial charge is 0.370 e. The number of unbranched alkanes of at least 4 members (excludes halogenated alkanes) is 1. The zero-order valence-electron chi connectivity index (χ0n) is 14.1. The van der Waals surface area contributed by atoms with Crippen LogP contribution in [0.25, 0.3) is 0 Å². The van der Waals surface area contributed by atoms with Gasteiger partial charge in [0.1, 0.15) is 0 Å². The molecule has 21 heavy (non-hydrogen) atoms. The lowest BCUT2D eigenvalue weighted by molar-refractivity contribution is 0.321. The maximum atomic E-state index is 3.79. The average Bonchev–Trinajstić information content (AvgIpc) is 2.76. The van der Waals surface area contributed by atoms with Crippen LogP contribution in [0.4, 0.5) is 5.69 Å². The van der Waals surface area contributed by atoms with Crippen LogP contribution in [0.1, 0.15) is 58.4 Å². The maximum Gasteiger partial charge on any atom is 0.0367 e. The third kappa shape index (κ3) is 4.23. The van der Waals surface area contributed by atoms with Crippen molar-refractivity contribution in [3.05, 3.63) is 29.8 Å². The average molecular weight is 288 g/mol. The minimum atomic E-state index is 0.289. The van der Waals surface area contributed by atoms with E-state index >= 15 is 0 Å². The monoisotopic (exact) mass is 288 g/mol. The van der Waals surface area contributed by atoms with Crippen LogP contribution in [0, 0.1) is 0 Å². The van der Waals surface area contributed by atoms with Gasteiger partial charge in [-0.3, -0.25) is 0 Å². The number of nitrogens with zero attached hydrogens (tertiary/aromatic N) is 1. The predicted molar refractivity (Wildman–Crippen MR) is 93.2 cm³/mol. The molecule has 0 unspecified atom stereocenters. The highest BCUT2D eigenvalue weighted by molar-refractivity contribution is 5.48. The lowest BCUT2D eigenvalue weighted by Crippen LogP contribution is -2.50. The Morgan fingerprint density at radius 2 is 1.81 bits per heavy atom. The highest BCUT2D eigenvalue weighted by Gasteiger charge is 2.30. The summed E-state index contributed by atoms with van der Waals surface area (Å²) in [5.74, 6) is 0.